The Morgan fingerprint density at radius 3 is 2.22 bits per heavy atom. The van der Waals surface area contributed by atoms with E-state index in [1.165, 1.54) is 57.1 Å². The van der Waals surface area contributed by atoms with Gasteiger partial charge < -0.3 is 4.74 Å². The van der Waals surface area contributed by atoms with Gasteiger partial charge in [0.1, 0.15) is 11.9 Å². The Kier molecular flexibility index (Phi) is 10.3. The number of carbonyl (C=O) groups is 1. The molecule has 0 saturated carbocycles. The zero-order chi connectivity index (χ0) is 16.9. The van der Waals surface area contributed by atoms with Crippen molar-refractivity contribution in [2.45, 2.75) is 84.2 Å². The molecule has 0 N–H and O–H groups in total. The van der Waals surface area contributed by atoms with Crippen LogP contribution in [0.5, 0.6) is 0 Å². The number of hydrogen-bond acceptors (Lipinski definition) is 2. The van der Waals surface area contributed by atoms with Crippen LogP contribution >= 0.6 is 0 Å². The first-order chi connectivity index (χ1) is 11.2. The summed E-state index contributed by atoms with van der Waals surface area (Å²) in [5.74, 6) is -1.06. The third-order valence-corrected chi connectivity index (χ3v) is 4.20. The molecule has 3 heteroatoms. The summed E-state index contributed by atoms with van der Waals surface area (Å²) < 4.78 is 19.0. The van der Waals surface area contributed by atoms with Gasteiger partial charge in [-0.3, -0.25) is 0 Å². The highest BCUT2D eigenvalue weighted by atomic mass is 19.1. The van der Waals surface area contributed by atoms with E-state index in [2.05, 4.69) is 6.92 Å². The lowest BCUT2D eigenvalue weighted by Crippen LogP contribution is -2.18. The molecule has 0 radical (unpaired) electrons. The van der Waals surface area contributed by atoms with Gasteiger partial charge in [0, 0.05) is 0 Å². The maximum atomic E-state index is 13.6. The normalized spacial score (nSPS) is 12.1. The zero-order valence-electron chi connectivity index (χ0n) is 14.7. The van der Waals surface area contributed by atoms with Crippen molar-refractivity contribution in [3.63, 3.8) is 0 Å². The summed E-state index contributed by atoms with van der Waals surface area (Å²) >= 11 is 0. The van der Waals surface area contributed by atoms with Gasteiger partial charge in [-0.2, -0.15) is 0 Å². The molecule has 0 bridgehead atoms. The van der Waals surface area contributed by atoms with Crippen molar-refractivity contribution in [1.82, 2.24) is 0 Å². The van der Waals surface area contributed by atoms with Gasteiger partial charge in [-0.1, -0.05) is 70.9 Å². The molecule has 2 nitrogen and oxygen atoms in total. The van der Waals surface area contributed by atoms with E-state index in [0.717, 1.165) is 19.3 Å². The third kappa shape index (κ3) is 8.15. The largest absolute Gasteiger partial charge is 0.459 e. The summed E-state index contributed by atoms with van der Waals surface area (Å²) in [6.45, 7) is 4.23. The maximum Gasteiger partial charge on any atom is 0.341 e. The molecular formula is C20H31FO2. The number of hydrogen-bond donors (Lipinski definition) is 0. The van der Waals surface area contributed by atoms with Crippen LogP contribution < -0.4 is 0 Å². The van der Waals surface area contributed by atoms with Gasteiger partial charge in [-0.05, 0) is 31.4 Å². The highest BCUT2D eigenvalue weighted by molar-refractivity contribution is 5.89. The first-order valence-corrected chi connectivity index (χ1v) is 9.14. The molecule has 130 valence electrons. The number of ether oxygens (including phenoxy) is 1. The van der Waals surface area contributed by atoms with Gasteiger partial charge in [0.25, 0.3) is 0 Å². The molecule has 1 unspecified atom stereocenters. The number of halogens is 1. The zero-order valence-corrected chi connectivity index (χ0v) is 14.7. The van der Waals surface area contributed by atoms with Gasteiger partial charge in [-0.15, -0.1) is 0 Å². The summed E-state index contributed by atoms with van der Waals surface area (Å²) in [6, 6.07) is 5.99. The Morgan fingerprint density at radius 2 is 1.61 bits per heavy atom. The second kappa shape index (κ2) is 12.1. The predicted molar refractivity (Wildman–Crippen MR) is 93.1 cm³/mol. The van der Waals surface area contributed by atoms with Gasteiger partial charge in [-0.25, -0.2) is 9.18 Å². The lowest BCUT2D eigenvalue weighted by Gasteiger charge is -2.16. The fourth-order valence-corrected chi connectivity index (χ4v) is 2.69. The Balaban J connectivity index is 2.21. The smallest absolute Gasteiger partial charge is 0.341 e. The highest BCUT2D eigenvalue weighted by Gasteiger charge is 2.17. The minimum Gasteiger partial charge on any atom is -0.459 e. The van der Waals surface area contributed by atoms with Crippen LogP contribution in [-0.2, 0) is 4.74 Å². The molecule has 0 fully saturated rings. The molecule has 0 amide bonds. The van der Waals surface area contributed by atoms with Crippen molar-refractivity contribution in [2.75, 3.05) is 0 Å². The second-order valence-electron chi connectivity index (χ2n) is 6.18. The van der Waals surface area contributed by atoms with Crippen molar-refractivity contribution >= 4 is 5.97 Å². The average Bonchev–Trinajstić information content (AvgIpc) is 2.56. The lowest BCUT2D eigenvalue weighted by atomic mass is 10.0. The van der Waals surface area contributed by atoms with E-state index < -0.39 is 11.8 Å². The third-order valence-electron chi connectivity index (χ3n) is 4.20. The molecule has 0 aliphatic heterocycles. The van der Waals surface area contributed by atoms with Crippen molar-refractivity contribution in [3.05, 3.63) is 35.6 Å². The van der Waals surface area contributed by atoms with Crippen LogP contribution in [0.1, 0.15) is 88.4 Å². The molecule has 0 spiro atoms. The summed E-state index contributed by atoms with van der Waals surface area (Å²) in [5, 5.41) is 0. The van der Waals surface area contributed by atoms with Crippen molar-refractivity contribution in [1.29, 1.82) is 0 Å². The molecule has 0 heterocycles. The van der Waals surface area contributed by atoms with Crippen molar-refractivity contribution < 1.29 is 13.9 Å². The Labute approximate surface area is 140 Å². The maximum absolute atomic E-state index is 13.6. The van der Waals surface area contributed by atoms with Crippen LogP contribution in [0.4, 0.5) is 4.39 Å². The number of unbranched alkanes of at least 4 members (excludes halogenated alkanes) is 7. The monoisotopic (exact) mass is 322 g/mol. The highest BCUT2D eigenvalue weighted by Crippen LogP contribution is 2.16. The molecular weight excluding hydrogens is 291 g/mol. The molecule has 1 aromatic rings. The summed E-state index contributed by atoms with van der Waals surface area (Å²) in [6.07, 6.45) is 11.6. The summed E-state index contributed by atoms with van der Waals surface area (Å²) in [5.41, 5.74) is 0.0295. The summed E-state index contributed by atoms with van der Waals surface area (Å²) in [7, 11) is 0. The van der Waals surface area contributed by atoms with E-state index >= 15 is 0 Å². The Morgan fingerprint density at radius 1 is 1.00 bits per heavy atom. The first-order valence-electron chi connectivity index (χ1n) is 9.14. The minimum absolute atomic E-state index is 0.0295. The number of esters is 1. The topological polar surface area (TPSA) is 26.3 Å². The van der Waals surface area contributed by atoms with E-state index in [0.29, 0.717) is 0 Å². The lowest BCUT2D eigenvalue weighted by molar-refractivity contribution is 0.0262. The molecule has 0 saturated heterocycles. The van der Waals surface area contributed by atoms with Crippen LogP contribution in [0.15, 0.2) is 24.3 Å². The summed E-state index contributed by atoms with van der Waals surface area (Å²) in [4.78, 5) is 12.0. The van der Waals surface area contributed by atoms with E-state index in [1.807, 2.05) is 6.92 Å². The predicted octanol–water partition coefficient (Wildman–Crippen LogP) is 6.29. The van der Waals surface area contributed by atoms with Crippen LogP contribution in [0.25, 0.3) is 0 Å². The van der Waals surface area contributed by atoms with E-state index in [-0.39, 0.29) is 11.7 Å². The fourth-order valence-electron chi connectivity index (χ4n) is 2.69. The van der Waals surface area contributed by atoms with Gasteiger partial charge in [0.2, 0.25) is 0 Å². The van der Waals surface area contributed by atoms with Crippen LogP contribution in [0.2, 0.25) is 0 Å². The number of carbonyl (C=O) groups excluding carboxylic acids is 1. The Bertz CT molecular complexity index is 445. The van der Waals surface area contributed by atoms with Crippen LogP contribution in [0.3, 0.4) is 0 Å². The minimum atomic E-state index is -0.547. The first kappa shape index (κ1) is 19.7. The second-order valence-corrected chi connectivity index (χ2v) is 6.18. The molecule has 1 atom stereocenters. The fraction of sp³-hybridized carbons (Fsp3) is 0.650. The molecule has 0 aromatic heterocycles. The SMILES string of the molecule is CCCCCCCCCCC(CC)OC(=O)c1ccccc1F. The van der Waals surface area contributed by atoms with Crippen LogP contribution in [-0.4, -0.2) is 12.1 Å². The van der Waals surface area contributed by atoms with Gasteiger partial charge in [0.05, 0.1) is 5.56 Å². The standard InChI is InChI=1S/C20H31FO2/c1-3-5-6-7-8-9-10-11-14-17(4-2)23-20(22)18-15-12-13-16-19(18)21/h12-13,15-17H,3-11,14H2,1-2H3. The number of rotatable bonds is 12. The van der Waals surface area contributed by atoms with E-state index in [4.69, 9.17) is 4.74 Å². The van der Waals surface area contributed by atoms with Gasteiger partial charge >= 0.3 is 5.97 Å². The van der Waals surface area contributed by atoms with Crippen molar-refractivity contribution in [3.8, 4) is 0 Å². The van der Waals surface area contributed by atoms with E-state index in [1.54, 1.807) is 12.1 Å². The Hall–Kier alpha value is -1.38. The molecule has 23 heavy (non-hydrogen) atoms. The number of benzene rings is 1. The van der Waals surface area contributed by atoms with Crippen LogP contribution in [0, 0.1) is 5.82 Å². The molecule has 0 aliphatic rings. The quantitative estimate of drug-likeness (QED) is 0.334. The van der Waals surface area contributed by atoms with Crippen molar-refractivity contribution in [2.24, 2.45) is 0 Å². The molecule has 1 aromatic carbocycles. The molecule has 1 rings (SSSR count). The molecule has 0 aliphatic carbocycles. The van der Waals surface area contributed by atoms with E-state index in [9.17, 15) is 9.18 Å². The average molecular weight is 322 g/mol. The van der Waals surface area contributed by atoms with Gasteiger partial charge in [0.15, 0.2) is 0 Å².